The molecule has 1 amide bonds. The number of carbonyl (C=O) groups is 1. The van der Waals surface area contributed by atoms with Crippen molar-refractivity contribution in [3.63, 3.8) is 0 Å². The highest BCUT2D eigenvalue weighted by atomic mass is 32.1. The molecule has 3 aromatic heterocycles. The van der Waals surface area contributed by atoms with Crippen molar-refractivity contribution >= 4 is 22.9 Å². The lowest BCUT2D eigenvalue weighted by Gasteiger charge is -1.98. The molecule has 0 saturated heterocycles. The average molecular weight is 303 g/mol. The van der Waals surface area contributed by atoms with Crippen LogP contribution in [0.2, 0.25) is 0 Å². The maximum absolute atomic E-state index is 13.1. The Hall–Kier alpha value is -2.61. The minimum Gasteiger partial charge on any atom is -0.318 e. The molecule has 8 heteroatoms. The molecule has 0 saturated carbocycles. The van der Waals surface area contributed by atoms with Gasteiger partial charge in [-0.2, -0.15) is 5.10 Å². The first-order valence-corrected chi connectivity index (χ1v) is 6.86. The van der Waals surface area contributed by atoms with Crippen LogP contribution in [-0.4, -0.2) is 25.7 Å². The lowest BCUT2D eigenvalue weighted by Crippen LogP contribution is -2.11. The van der Waals surface area contributed by atoms with Gasteiger partial charge in [0.25, 0.3) is 5.91 Å². The zero-order chi connectivity index (χ0) is 14.8. The van der Waals surface area contributed by atoms with Crippen molar-refractivity contribution in [1.29, 1.82) is 0 Å². The zero-order valence-electron chi connectivity index (χ0n) is 10.9. The SMILES string of the molecule is Cn1cc(NC(=O)c2csc(-c3cncc(F)c3)n2)cn1. The van der Waals surface area contributed by atoms with Gasteiger partial charge in [-0.3, -0.25) is 14.5 Å². The van der Waals surface area contributed by atoms with Crippen LogP contribution in [0.5, 0.6) is 0 Å². The number of pyridine rings is 1. The fraction of sp³-hybridized carbons (Fsp3) is 0.0769. The Bertz CT molecular complexity index is 797. The summed E-state index contributed by atoms with van der Waals surface area (Å²) in [5, 5.41) is 8.80. The van der Waals surface area contributed by atoms with Crippen LogP contribution in [0.25, 0.3) is 10.6 Å². The van der Waals surface area contributed by atoms with Crippen LogP contribution >= 0.6 is 11.3 Å². The van der Waals surface area contributed by atoms with E-state index in [1.54, 1.807) is 29.5 Å². The Morgan fingerprint density at radius 2 is 2.24 bits per heavy atom. The van der Waals surface area contributed by atoms with E-state index in [4.69, 9.17) is 0 Å². The summed E-state index contributed by atoms with van der Waals surface area (Å²) < 4.78 is 14.7. The van der Waals surface area contributed by atoms with E-state index < -0.39 is 5.82 Å². The van der Waals surface area contributed by atoms with Gasteiger partial charge in [0.2, 0.25) is 0 Å². The normalized spacial score (nSPS) is 10.6. The molecular formula is C13H10FN5OS. The standard InChI is InChI=1S/C13H10FN5OS/c1-19-6-10(5-16-19)17-12(20)11-7-21-13(18-11)8-2-9(14)4-15-3-8/h2-7H,1H3,(H,17,20). The Kier molecular flexibility index (Phi) is 3.44. The molecule has 3 rings (SSSR count). The van der Waals surface area contributed by atoms with Gasteiger partial charge in [0.15, 0.2) is 0 Å². The Morgan fingerprint density at radius 1 is 1.38 bits per heavy atom. The third kappa shape index (κ3) is 2.95. The summed E-state index contributed by atoms with van der Waals surface area (Å²) in [6.07, 6.45) is 5.85. The Balaban J connectivity index is 1.80. The molecule has 6 nitrogen and oxygen atoms in total. The summed E-state index contributed by atoms with van der Waals surface area (Å²) in [6, 6.07) is 1.33. The lowest BCUT2D eigenvalue weighted by atomic mass is 10.3. The first-order chi connectivity index (χ1) is 10.1. The molecule has 0 radical (unpaired) electrons. The minimum atomic E-state index is -0.441. The molecule has 0 aliphatic heterocycles. The van der Waals surface area contributed by atoms with E-state index in [9.17, 15) is 9.18 Å². The van der Waals surface area contributed by atoms with Gasteiger partial charge in [0, 0.05) is 30.4 Å². The molecule has 21 heavy (non-hydrogen) atoms. The molecule has 0 aliphatic rings. The number of aryl methyl sites for hydroxylation is 1. The van der Waals surface area contributed by atoms with Crippen molar-refractivity contribution in [2.75, 3.05) is 5.32 Å². The van der Waals surface area contributed by atoms with Gasteiger partial charge in [-0.25, -0.2) is 9.37 Å². The van der Waals surface area contributed by atoms with E-state index in [1.807, 2.05) is 0 Å². The molecule has 0 unspecified atom stereocenters. The third-order valence-corrected chi connectivity index (χ3v) is 3.54. The predicted octanol–water partition coefficient (Wildman–Crippen LogP) is 2.33. The highest BCUT2D eigenvalue weighted by Crippen LogP contribution is 2.23. The van der Waals surface area contributed by atoms with Gasteiger partial charge in [-0.15, -0.1) is 11.3 Å². The van der Waals surface area contributed by atoms with Crippen molar-refractivity contribution in [3.05, 3.63) is 47.7 Å². The number of rotatable bonds is 3. The van der Waals surface area contributed by atoms with Crippen molar-refractivity contribution in [2.24, 2.45) is 7.05 Å². The smallest absolute Gasteiger partial charge is 0.275 e. The summed E-state index contributed by atoms with van der Waals surface area (Å²) in [5.41, 5.74) is 1.40. The maximum atomic E-state index is 13.1. The number of hydrogen-bond donors (Lipinski definition) is 1. The number of nitrogens with one attached hydrogen (secondary N) is 1. The Labute approximate surface area is 123 Å². The second kappa shape index (κ2) is 5.41. The molecule has 0 aromatic carbocycles. The van der Waals surface area contributed by atoms with Gasteiger partial charge in [0.05, 0.1) is 18.1 Å². The number of amides is 1. The quantitative estimate of drug-likeness (QED) is 0.806. The van der Waals surface area contributed by atoms with Crippen molar-refractivity contribution in [3.8, 4) is 10.6 Å². The van der Waals surface area contributed by atoms with Crippen molar-refractivity contribution < 1.29 is 9.18 Å². The fourth-order valence-electron chi connectivity index (χ4n) is 1.72. The highest BCUT2D eigenvalue weighted by molar-refractivity contribution is 7.13. The first kappa shape index (κ1) is 13.4. The molecule has 0 bridgehead atoms. The highest BCUT2D eigenvalue weighted by Gasteiger charge is 2.13. The molecule has 0 aliphatic carbocycles. The first-order valence-electron chi connectivity index (χ1n) is 5.98. The van der Waals surface area contributed by atoms with E-state index in [1.165, 1.54) is 23.6 Å². The molecule has 106 valence electrons. The summed E-state index contributed by atoms with van der Waals surface area (Å²) in [6.45, 7) is 0. The van der Waals surface area contributed by atoms with Crippen LogP contribution in [0.1, 0.15) is 10.5 Å². The van der Waals surface area contributed by atoms with E-state index >= 15 is 0 Å². The number of aromatic nitrogens is 4. The number of halogens is 1. The monoisotopic (exact) mass is 303 g/mol. The van der Waals surface area contributed by atoms with Gasteiger partial charge in [0.1, 0.15) is 16.5 Å². The predicted molar refractivity (Wildman–Crippen MR) is 76.5 cm³/mol. The molecule has 0 spiro atoms. The largest absolute Gasteiger partial charge is 0.318 e. The van der Waals surface area contributed by atoms with E-state index in [-0.39, 0.29) is 11.6 Å². The molecule has 1 N–H and O–H groups in total. The van der Waals surface area contributed by atoms with Gasteiger partial charge in [-0.05, 0) is 6.07 Å². The lowest BCUT2D eigenvalue weighted by molar-refractivity contribution is 0.102. The number of carbonyl (C=O) groups excluding carboxylic acids is 1. The maximum Gasteiger partial charge on any atom is 0.275 e. The minimum absolute atomic E-state index is 0.267. The van der Waals surface area contributed by atoms with Crippen LogP contribution < -0.4 is 5.32 Å². The molecule has 0 fully saturated rings. The second-order valence-electron chi connectivity index (χ2n) is 4.29. The van der Waals surface area contributed by atoms with Crippen LogP contribution in [0, 0.1) is 5.82 Å². The summed E-state index contributed by atoms with van der Waals surface area (Å²) in [4.78, 5) is 20.0. The summed E-state index contributed by atoms with van der Waals surface area (Å²) in [5.74, 6) is -0.779. The summed E-state index contributed by atoms with van der Waals surface area (Å²) >= 11 is 1.26. The van der Waals surface area contributed by atoms with E-state index in [0.29, 0.717) is 16.3 Å². The fourth-order valence-corrected chi connectivity index (χ4v) is 2.50. The van der Waals surface area contributed by atoms with Crippen molar-refractivity contribution in [1.82, 2.24) is 19.7 Å². The van der Waals surface area contributed by atoms with Crippen LogP contribution in [0.4, 0.5) is 10.1 Å². The third-order valence-electron chi connectivity index (χ3n) is 2.65. The number of anilines is 1. The average Bonchev–Trinajstić information content (AvgIpc) is 3.08. The van der Waals surface area contributed by atoms with Crippen LogP contribution in [0.15, 0.2) is 36.2 Å². The van der Waals surface area contributed by atoms with Gasteiger partial charge >= 0.3 is 0 Å². The molecule has 3 aromatic rings. The molecule has 3 heterocycles. The van der Waals surface area contributed by atoms with E-state index in [0.717, 1.165) is 6.20 Å². The zero-order valence-corrected chi connectivity index (χ0v) is 11.8. The van der Waals surface area contributed by atoms with Crippen molar-refractivity contribution in [2.45, 2.75) is 0 Å². The Morgan fingerprint density at radius 3 is 2.95 bits per heavy atom. The number of nitrogens with zero attached hydrogens (tertiary/aromatic N) is 4. The second-order valence-corrected chi connectivity index (χ2v) is 5.14. The van der Waals surface area contributed by atoms with E-state index in [2.05, 4.69) is 20.4 Å². The number of hydrogen-bond acceptors (Lipinski definition) is 5. The topological polar surface area (TPSA) is 72.7 Å². The van der Waals surface area contributed by atoms with Gasteiger partial charge in [-0.1, -0.05) is 0 Å². The summed E-state index contributed by atoms with van der Waals surface area (Å²) in [7, 11) is 1.76. The molecular weight excluding hydrogens is 293 g/mol. The van der Waals surface area contributed by atoms with Crippen LogP contribution in [-0.2, 0) is 7.05 Å². The van der Waals surface area contributed by atoms with Crippen LogP contribution in [0.3, 0.4) is 0 Å². The van der Waals surface area contributed by atoms with Gasteiger partial charge < -0.3 is 5.32 Å². The molecule has 0 atom stereocenters. The number of thiazole rings is 1.